The summed E-state index contributed by atoms with van der Waals surface area (Å²) in [4.78, 5) is 19.0. The third kappa shape index (κ3) is 2.44. The van der Waals surface area contributed by atoms with Crippen molar-refractivity contribution in [2.24, 2.45) is 0 Å². The number of anilines is 1. The second-order valence-electron chi connectivity index (χ2n) is 5.52. The molecule has 1 unspecified atom stereocenters. The van der Waals surface area contributed by atoms with Crippen molar-refractivity contribution in [3.8, 4) is 0 Å². The molecule has 0 aliphatic carbocycles. The van der Waals surface area contributed by atoms with Gasteiger partial charge in [-0.25, -0.2) is 4.98 Å². The van der Waals surface area contributed by atoms with Crippen LogP contribution in [-0.4, -0.2) is 40.4 Å². The largest absolute Gasteiger partial charge is 0.382 e. The maximum absolute atomic E-state index is 11.8. The Bertz CT molecular complexity index is 675. The third-order valence-electron chi connectivity index (χ3n) is 4.12. The summed E-state index contributed by atoms with van der Waals surface area (Å²) >= 11 is 1.47. The summed E-state index contributed by atoms with van der Waals surface area (Å²) in [6.07, 6.45) is 5.94. The molecule has 0 saturated carbocycles. The molecule has 1 atom stereocenters. The number of fused-ring (bicyclic) bond motifs is 1. The molecule has 2 aromatic heterocycles. The van der Waals surface area contributed by atoms with Crippen molar-refractivity contribution in [1.82, 2.24) is 14.6 Å². The predicted molar refractivity (Wildman–Crippen MR) is 83.2 cm³/mol. The predicted octanol–water partition coefficient (Wildman–Crippen LogP) is 1.94. The minimum atomic E-state index is -0.130. The van der Waals surface area contributed by atoms with Gasteiger partial charge in [-0.05, 0) is 19.3 Å². The molecule has 2 aromatic rings. The van der Waals surface area contributed by atoms with Crippen molar-refractivity contribution in [3.63, 3.8) is 0 Å². The van der Waals surface area contributed by atoms with E-state index in [1.165, 1.54) is 28.1 Å². The van der Waals surface area contributed by atoms with Crippen LogP contribution in [0.5, 0.6) is 0 Å². The molecular formula is C14H20N4O2S. The Balaban J connectivity index is 2.03. The summed E-state index contributed by atoms with van der Waals surface area (Å²) in [6.45, 7) is 3.84. The smallest absolute Gasteiger partial charge is 0.275 e. The van der Waals surface area contributed by atoms with Gasteiger partial charge in [-0.1, -0.05) is 24.7 Å². The minimum Gasteiger partial charge on any atom is -0.382 e. The highest BCUT2D eigenvalue weighted by Crippen LogP contribution is 2.39. The fourth-order valence-electron chi connectivity index (χ4n) is 3.30. The molecule has 0 amide bonds. The van der Waals surface area contributed by atoms with Gasteiger partial charge in [-0.3, -0.25) is 4.79 Å². The van der Waals surface area contributed by atoms with Gasteiger partial charge in [0, 0.05) is 25.9 Å². The van der Waals surface area contributed by atoms with E-state index in [1.54, 1.807) is 7.11 Å². The monoisotopic (exact) mass is 308 g/mol. The van der Waals surface area contributed by atoms with Crippen LogP contribution in [-0.2, 0) is 4.74 Å². The molecule has 1 fully saturated rings. The van der Waals surface area contributed by atoms with Crippen LogP contribution in [0.15, 0.2) is 17.1 Å². The van der Waals surface area contributed by atoms with E-state index in [4.69, 9.17) is 4.74 Å². The van der Waals surface area contributed by atoms with E-state index in [2.05, 4.69) is 21.9 Å². The van der Waals surface area contributed by atoms with Crippen molar-refractivity contribution in [2.75, 3.05) is 25.2 Å². The number of nitrogens with zero attached hydrogens (tertiary/aromatic N) is 4. The summed E-state index contributed by atoms with van der Waals surface area (Å²) in [5.41, 5.74) is -0.129. The summed E-state index contributed by atoms with van der Waals surface area (Å²) in [5.74, 6) is 0. The molecule has 3 rings (SSSR count). The molecular weight excluding hydrogens is 288 g/mol. The Labute approximate surface area is 127 Å². The first kappa shape index (κ1) is 14.5. The number of hydrogen-bond donors (Lipinski definition) is 0. The molecule has 1 saturated heterocycles. The first-order chi connectivity index (χ1) is 10.2. The summed E-state index contributed by atoms with van der Waals surface area (Å²) in [6, 6.07) is 1.44. The molecule has 114 valence electrons. The molecule has 0 bridgehead atoms. The minimum absolute atomic E-state index is 0.000976. The summed E-state index contributed by atoms with van der Waals surface area (Å²) in [7, 11) is 1.75. The van der Waals surface area contributed by atoms with Crippen LogP contribution < -0.4 is 10.5 Å². The average Bonchev–Trinajstić information content (AvgIpc) is 3.04. The highest BCUT2D eigenvalue weighted by Gasteiger charge is 2.41. The van der Waals surface area contributed by atoms with E-state index in [0.29, 0.717) is 11.6 Å². The van der Waals surface area contributed by atoms with Crippen molar-refractivity contribution in [2.45, 2.75) is 38.1 Å². The van der Waals surface area contributed by atoms with Gasteiger partial charge in [0.1, 0.15) is 0 Å². The fraction of sp³-hybridized carbons (Fsp3) is 0.643. The van der Waals surface area contributed by atoms with Gasteiger partial charge in [-0.15, -0.1) is 5.10 Å². The number of aromatic nitrogens is 3. The molecule has 1 aliphatic rings. The molecule has 1 aliphatic heterocycles. The van der Waals surface area contributed by atoms with Gasteiger partial charge in [0.25, 0.3) is 5.56 Å². The van der Waals surface area contributed by atoms with E-state index in [-0.39, 0.29) is 11.1 Å². The molecule has 0 N–H and O–H groups in total. The van der Waals surface area contributed by atoms with E-state index in [9.17, 15) is 4.79 Å². The molecule has 0 radical (unpaired) electrons. The van der Waals surface area contributed by atoms with Gasteiger partial charge < -0.3 is 9.64 Å². The van der Waals surface area contributed by atoms with Gasteiger partial charge in [0.05, 0.1) is 12.1 Å². The van der Waals surface area contributed by atoms with Crippen LogP contribution >= 0.6 is 11.3 Å². The maximum Gasteiger partial charge on any atom is 0.275 e. The SMILES string of the molecule is CCCC1(COC)CCCN1c1nn2c(=O)ccnc2s1. The van der Waals surface area contributed by atoms with Crippen molar-refractivity contribution < 1.29 is 4.74 Å². The van der Waals surface area contributed by atoms with Crippen LogP contribution in [0.2, 0.25) is 0 Å². The van der Waals surface area contributed by atoms with Gasteiger partial charge in [-0.2, -0.15) is 4.52 Å². The molecule has 3 heterocycles. The van der Waals surface area contributed by atoms with Crippen LogP contribution in [0.25, 0.3) is 4.96 Å². The quantitative estimate of drug-likeness (QED) is 0.845. The zero-order chi connectivity index (χ0) is 14.9. The molecule has 21 heavy (non-hydrogen) atoms. The summed E-state index contributed by atoms with van der Waals surface area (Å²) in [5, 5.41) is 5.35. The fourth-order valence-corrected chi connectivity index (χ4v) is 4.31. The second-order valence-corrected chi connectivity index (χ2v) is 6.46. The lowest BCUT2D eigenvalue weighted by molar-refractivity contribution is 0.127. The van der Waals surface area contributed by atoms with Gasteiger partial charge in [0.2, 0.25) is 10.1 Å². The Kier molecular flexibility index (Phi) is 3.95. The lowest BCUT2D eigenvalue weighted by Gasteiger charge is -2.37. The third-order valence-corrected chi connectivity index (χ3v) is 5.06. The van der Waals surface area contributed by atoms with Gasteiger partial charge in [0.15, 0.2) is 0 Å². The normalized spacial score (nSPS) is 22.3. The Morgan fingerprint density at radius 3 is 3.10 bits per heavy atom. The molecule has 0 spiro atoms. The number of methoxy groups -OCH3 is 1. The highest BCUT2D eigenvalue weighted by molar-refractivity contribution is 7.20. The first-order valence-electron chi connectivity index (χ1n) is 7.32. The zero-order valence-electron chi connectivity index (χ0n) is 12.4. The number of rotatable bonds is 5. The van der Waals surface area contributed by atoms with Gasteiger partial charge >= 0.3 is 0 Å². The Morgan fingerprint density at radius 2 is 2.38 bits per heavy atom. The van der Waals surface area contributed by atoms with Crippen LogP contribution in [0.1, 0.15) is 32.6 Å². The van der Waals surface area contributed by atoms with Crippen molar-refractivity contribution >= 4 is 21.4 Å². The van der Waals surface area contributed by atoms with Crippen molar-refractivity contribution in [3.05, 3.63) is 22.6 Å². The molecule has 7 heteroatoms. The van der Waals surface area contributed by atoms with E-state index in [0.717, 1.165) is 37.4 Å². The summed E-state index contributed by atoms with van der Waals surface area (Å²) < 4.78 is 6.87. The average molecular weight is 308 g/mol. The maximum atomic E-state index is 11.8. The number of ether oxygens (including phenoxy) is 1. The topological polar surface area (TPSA) is 59.7 Å². The van der Waals surface area contributed by atoms with Crippen LogP contribution in [0.4, 0.5) is 5.13 Å². The Morgan fingerprint density at radius 1 is 1.52 bits per heavy atom. The highest BCUT2D eigenvalue weighted by atomic mass is 32.1. The standard InChI is InChI=1S/C14H20N4O2S/c1-3-6-14(10-20-2)7-4-9-17(14)13-16-18-11(19)5-8-15-12(18)21-13/h5,8H,3-4,6-7,9-10H2,1-2H3. The number of hydrogen-bond acceptors (Lipinski definition) is 6. The van der Waals surface area contributed by atoms with Crippen molar-refractivity contribution in [1.29, 1.82) is 0 Å². The van der Waals surface area contributed by atoms with Crippen LogP contribution in [0.3, 0.4) is 0 Å². The lowest BCUT2D eigenvalue weighted by atomic mass is 9.92. The van der Waals surface area contributed by atoms with E-state index < -0.39 is 0 Å². The lowest BCUT2D eigenvalue weighted by Crippen LogP contribution is -2.47. The molecule has 6 nitrogen and oxygen atoms in total. The van der Waals surface area contributed by atoms with E-state index >= 15 is 0 Å². The second kappa shape index (κ2) is 5.73. The zero-order valence-corrected chi connectivity index (χ0v) is 13.2. The van der Waals surface area contributed by atoms with E-state index in [1.807, 2.05) is 0 Å². The molecule has 0 aromatic carbocycles. The van der Waals surface area contributed by atoms with Crippen LogP contribution in [0, 0.1) is 0 Å². The first-order valence-corrected chi connectivity index (χ1v) is 8.13. The Hall–Kier alpha value is -1.47.